The number of piperidine rings is 2. The molecule has 2 fully saturated rings. The lowest BCUT2D eigenvalue weighted by atomic mass is 9.82. The summed E-state index contributed by atoms with van der Waals surface area (Å²) in [6, 6.07) is 16.6. The highest BCUT2D eigenvalue weighted by molar-refractivity contribution is 5.97. The SMILES string of the molecule is COc1cccc(CN2CCC3(CC2)CC(=O)N2CC[C@@H](n4cc(COc5ccccc5)nn4)C[C@H]2C(=O)NCc2onc(C)c2C(=O)N3)c1. The minimum atomic E-state index is -0.809. The molecule has 14 nitrogen and oxygen atoms in total. The predicted octanol–water partition coefficient (Wildman–Crippen LogP) is 3.18. The second-order valence-electron chi connectivity index (χ2n) is 13.4. The van der Waals surface area contributed by atoms with Crippen molar-refractivity contribution in [2.75, 3.05) is 26.7 Å². The Morgan fingerprint density at radius 3 is 2.62 bits per heavy atom. The second-order valence-corrected chi connectivity index (χ2v) is 13.4. The van der Waals surface area contributed by atoms with Gasteiger partial charge in [0.25, 0.3) is 5.91 Å². The molecule has 50 heavy (non-hydrogen) atoms. The van der Waals surface area contributed by atoms with E-state index < -0.39 is 11.6 Å². The zero-order chi connectivity index (χ0) is 34.7. The molecule has 0 radical (unpaired) electrons. The summed E-state index contributed by atoms with van der Waals surface area (Å²) in [4.78, 5) is 45.9. The highest BCUT2D eigenvalue weighted by Gasteiger charge is 2.44. The van der Waals surface area contributed by atoms with Crippen LogP contribution >= 0.6 is 0 Å². The fraction of sp³-hybridized carbons (Fsp3) is 0.444. The molecule has 3 aliphatic rings. The third-order valence-electron chi connectivity index (χ3n) is 10.1. The van der Waals surface area contributed by atoms with Gasteiger partial charge in [0.05, 0.1) is 43.5 Å². The molecule has 2 aromatic carbocycles. The van der Waals surface area contributed by atoms with Gasteiger partial charge in [-0.3, -0.25) is 19.3 Å². The Balaban J connectivity index is 1.09. The maximum atomic E-state index is 14.2. The summed E-state index contributed by atoms with van der Waals surface area (Å²) in [5, 5.41) is 18.9. The average molecular weight is 683 g/mol. The maximum Gasteiger partial charge on any atom is 0.257 e. The molecule has 0 aliphatic carbocycles. The summed E-state index contributed by atoms with van der Waals surface area (Å²) < 4.78 is 18.5. The highest BCUT2D eigenvalue weighted by Crippen LogP contribution is 2.33. The molecule has 7 rings (SSSR count). The van der Waals surface area contributed by atoms with Crippen LogP contribution in [0.1, 0.15) is 71.2 Å². The lowest BCUT2D eigenvalue weighted by molar-refractivity contribution is -0.145. The van der Waals surface area contributed by atoms with Crippen molar-refractivity contribution in [3.63, 3.8) is 0 Å². The number of benzene rings is 2. The standard InChI is InChI=1S/C36H42N8O6/c1-24-33-31(50-40-24)20-37-34(46)30-18-27(44-22-26(39-41-44)23-49-28-8-4-3-5-9-28)11-14-43(30)32(45)19-36(38-35(33)47)12-15-42(16-13-36)21-25-7-6-10-29(17-25)48-2/h3-10,17,22,27,30H,11-16,18-21,23H2,1-2H3,(H,37,46)(H,38,47)/t27-,30+/m1/s1. The van der Waals surface area contributed by atoms with Gasteiger partial charge in [0.15, 0.2) is 5.76 Å². The van der Waals surface area contributed by atoms with E-state index in [-0.39, 0.29) is 49.1 Å². The number of nitrogens with one attached hydrogen (secondary N) is 2. The molecule has 0 unspecified atom stereocenters. The van der Waals surface area contributed by atoms with Crippen molar-refractivity contribution in [3.05, 3.63) is 89.1 Å². The Hall–Kier alpha value is -5.24. The number of para-hydroxylation sites is 1. The molecule has 262 valence electrons. The van der Waals surface area contributed by atoms with Crippen LogP contribution in [0.25, 0.3) is 0 Å². The lowest BCUT2D eigenvalue weighted by Gasteiger charge is -2.45. The van der Waals surface area contributed by atoms with Gasteiger partial charge >= 0.3 is 0 Å². The number of hydrogen-bond donors (Lipinski definition) is 2. The van der Waals surface area contributed by atoms with Gasteiger partial charge in [-0.1, -0.05) is 40.7 Å². The van der Waals surface area contributed by atoms with Gasteiger partial charge in [-0.2, -0.15) is 0 Å². The molecule has 0 bridgehead atoms. The molecule has 3 aliphatic heterocycles. The lowest BCUT2D eigenvalue weighted by Crippen LogP contribution is -2.60. The van der Waals surface area contributed by atoms with Gasteiger partial charge in [0, 0.05) is 26.2 Å². The first-order valence-corrected chi connectivity index (χ1v) is 17.1. The van der Waals surface area contributed by atoms with Gasteiger partial charge in [-0.15, -0.1) is 5.10 Å². The number of nitrogens with zero attached hydrogens (tertiary/aromatic N) is 6. The van der Waals surface area contributed by atoms with Crippen LogP contribution in [0.5, 0.6) is 11.5 Å². The topological polar surface area (TPSA) is 157 Å². The van der Waals surface area contributed by atoms with E-state index in [1.54, 1.807) is 23.6 Å². The van der Waals surface area contributed by atoms with Crippen LogP contribution in [0, 0.1) is 6.92 Å². The quantitative estimate of drug-likeness (QED) is 0.297. The van der Waals surface area contributed by atoms with Gasteiger partial charge in [0.1, 0.15) is 35.4 Å². The van der Waals surface area contributed by atoms with Crippen molar-refractivity contribution >= 4 is 17.7 Å². The minimum Gasteiger partial charge on any atom is -0.497 e. The van der Waals surface area contributed by atoms with Crippen molar-refractivity contribution in [2.24, 2.45) is 0 Å². The van der Waals surface area contributed by atoms with E-state index in [4.69, 9.17) is 14.0 Å². The Morgan fingerprint density at radius 1 is 1.02 bits per heavy atom. The summed E-state index contributed by atoms with van der Waals surface area (Å²) in [6.45, 7) is 4.36. The first-order chi connectivity index (χ1) is 24.3. The van der Waals surface area contributed by atoms with E-state index in [1.807, 2.05) is 54.7 Å². The number of hydrogen-bond acceptors (Lipinski definition) is 10. The largest absolute Gasteiger partial charge is 0.497 e. The van der Waals surface area contributed by atoms with E-state index >= 15 is 0 Å². The maximum absolute atomic E-state index is 14.2. The van der Waals surface area contributed by atoms with Gasteiger partial charge in [0.2, 0.25) is 11.8 Å². The summed E-state index contributed by atoms with van der Waals surface area (Å²) in [6.07, 6.45) is 3.99. The smallest absolute Gasteiger partial charge is 0.257 e. The number of amides is 3. The number of methoxy groups -OCH3 is 1. The molecule has 0 saturated carbocycles. The van der Waals surface area contributed by atoms with Gasteiger partial charge in [-0.25, -0.2) is 4.68 Å². The number of likely N-dealkylation sites (tertiary alicyclic amines) is 1. The summed E-state index contributed by atoms with van der Waals surface area (Å²) >= 11 is 0. The number of rotatable bonds is 7. The third kappa shape index (κ3) is 7.20. The normalized spacial score (nSPS) is 21.3. The first kappa shape index (κ1) is 33.3. The van der Waals surface area contributed by atoms with Crippen molar-refractivity contribution in [1.29, 1.82) is 0 Å². The molecule has 3 amide bonds. The molecule has 2 aromatic heterocycles. The van der Waals surface area contributed by atoms with Crippen molar-refractivity contribution in [3.8, 4) is 11.5 Å². The van der Waals surface area contributed by atoms with E-state index in [1.165, 1.54) is 0 Å². The number of carbonyl (C=O) groups is 3. The summed E-state index contributed by atoms with van der Waals surface area (Å²) in [5.74, 6) is 0.986. The summed E-state index contributed by atoms with van der Waals surface area (Å²) in [5.41, 5.74) is 1.71. The first-order valence-electron chi connectivity index (χ1n) is 17.1. The average Bonchev–Trinajstić information content (AvgIpc) is 3.77. The number of fused-ring (bicyclic) bond motifs is 2. The van der Waals surface area contributed by atoms with Crippen molar-refractivity contribution in [1.82, 2.24) is 40.6 Å². The zero-order valence-corrected chi connectivity index (χ0v) is 28.3. The number of ether oxygens (including phenoxy) is 2. The molecule has 2 atom stereocenters. The second kappa shape index (κ2) is 14.3. The van der Waals surface area contributed by atoms with Crippen LogP contribution in [0.15, 0.2) is 65.3 Å². The van der Waals surface area contributed by atoms with Crippen LogP contribution in [-0.4, -0.2) is 86.0 Å². The number of carbonyl (C=O) groups excluding carboxylic acids is 3. The van der Waals surface area contributed by atoms with E-state index in [0.29, 0.717) is 62.3 Å². The summed E-state index contributed by atoms with van der Waals surface area (Å²) in [7, 11) is 1.65. The molecular formula is C36H42N8O6. The van der Waals surface area contributed by atoms with E-state index in [0.717, 1.165) is 23.6 Å². The fourth-order valence-corrected chi connectivity index (χ4v) is 7.29. The van der Waals surface area contributed by atoms with Crippen LogP contribution in [-0.2, 0) is 29.3 Å². The monoisotopic (exact) mass is 682 g/mol. The molecule has 14 heteroatoms. The van der Waals surface area contributed by atoms with Crippen LogP contribution in [0.4, 0.5) is 0 Å². The Bertz CT molecular complexity index is 1830. The highest BCUT2D eigenvalue weighted by atomic mass is 16.5. The minimum absolute atomic E-state index is 0.0305. The molecule has 1 spiro atoms. The van der Waals surface area contributed by atoms with Crippen molar-refractivity contribution in [2.45, 2.75) is 76.3 Å². The predicted molar refractivity (Wildman–Crippen MR) is 180 cm³/mol. The van der Waals surface area contributed by atoms with Crippen LogP contribution in [0.2, 0.25) is 0 Å². The Kier molecular flexibility index (Phi) is 9.52. The number of aromatic nitrogens is 4. The molecular weight excluding hydrogens is 640 g/mol. The molecule has 2 saturated heterocycles. The van der Waals surface area contributed by atoms with E-state index in [9.17, 15) is 14.4 Å². The number of aryl methyl sites for hydroxylation is 1. The molecule has 5 heterocycles. The van der Waals surface area contributed by atoms with Gasteiger partial charge in [-0.05, 0) is 62.4 Å². The fourth-order valence-electron chi connectivity index (χ4n) is 7.29. The van der Waals surface area contributed by atoms with Gasteiger partial charge < -0.3 is 29.5 Å². The Labute approximate surface area is 290 Å². The van der Waals surface area contributed by atoms with Crippen LogP contribution < -0.4 is 20.1 Å². The molecule has 4 aromatic rings. The van der Waals surface area contributed by atoms with E-state index in [2.05, 4.69) is 37.1 Å². The zero-order valence-electron chi connectivity index (χ0n) is 28.3. The third-order valence-corrected chi connectivity index (χ3v) is 10.1. The van der Waals surface area contributed by atoms with Crippen LogP contribution in [0.3, 0.4) is 0 Å². The van der Waals surface area contributed by atoms with Crippen molar-refractivity contribution < 1.29 is 28.4 Å². The Morgan fingerprint density at radius 2 is 1.82 bits per heavy atom. The molecule has 2 N–H and O–H groups in total.